The van der Waals surface area contributed by atoms with Crippen LogP contribution in [0.5, 0.6) is 0 Å². The van der Waals surface area contributed by atoms with E-state index >= 15 is 0 Å². The molecule has 4 heterocycles. The minimum absolute atomic E-state index is 0.244. The third-order valence-electron chi connectivity index (χ3n) is 5.05. The lowest BCUT2D eigenvalue weighted by Gasteiger charge is -2.31. The number of nitrogens with zero attached hydrogens (tertiary/aromatic N) is 3. The summed E-state index contributed by atoms with van der Waals surface area (Å²) in [5.74, 6) is 1.04. The molecule has 1 atom stereocenters. The van der Waals surface area contributed by atoms with E-state index in [1.165, 1.54) is 12.1 Å². The number of thiazole rings is 1. The molecule has 2 aromatic heterocycles. The fourth-order valence-corrected chi connectivity index (χ4v) is 4.56. The summed E-state index contributed by atoms with van der Waals surface area (Å²) in [6, 6.07) is 4.02. The van der Waals surface area contributed by atoms with Gasteiger partial charge in [0.05, 0.1) is 36.7 Å². The third kappa shape index (κ3) is 3.72. The molecular formula is C18H25N3O2S. The Hall–Kier alpha value is -1.21. The van der Waals surface area contributed by atoms with E-state index in [2.05, 4.69) is 33.2 Å². The Morgan fingerprint density at radius 2 is 2.12 bits per heavy atom. The van der Waals surface area contributed by atoms with Crippen LogP contribution in [0.3, 0.4) is 0 Å². The normalized spacial score (nSPS) is 26.2. The highest BCUT2D eigenvalue weighted by molar-refractivity contribution is 7.09. The summed E-state index contributed by atoms with van der Waals surface area (Å²) >= 11 is 1.74. The first kappa shape index (κ1) is 16.3. The van der Waals surface area contributed by atoms with Gasteiger partial charge >= 0.3 is 0 Å². The molecule has 0 unspecified atom stereocenters. The van der Waals surface area contributed by atoms with Crippen LogP contribution >= 0.6 is 11.3 Å². The van der Waals surface area contributed by atoms with E-state index in [1.807, 2.05) is 6.07 Å². The number of rotatable bonds is 4. The fourth-order valence-electron chi connectivity index (χ4n) is 3.96. The molecule has 2 aliphatic rings. The lowest BCUT2D eigenvalue weighted by molar-refractivity contribution is 0.0703. The van der Waals surface area contributed by atoms with E-state index in [9.17, 15) is 0 Å². The van der Waals surface area contributed by atoms with Crippen molar-refractivity contribution in [2.45, 2.75) is 26.4 Å². The Bertz CT molecular complexity index is 657. The van der Waals surface area contributed by atoms with Gasteiger partial charge in [-0.05, 0) is 32.0 Å². The van der Waals surface area contributed by atoms with Crippen LogP contribution < -0.4 is 0 Å². The van der Waals surface area contributed by atoms with E-state index in [0.29, 0.717) is 0 Å². The number of aromatic nitrogens is 1. The van der Waals surface area contributed by atoms with Crippen LogP contribution in [0.4, 0.5) is 0 Å². The number of likely N-dealkylation sites (tertiary alicyclic amines) is 1. The van der Waals surface area contributed by atoms with Crippen LogP contribution in [0.25, 0.3) is 0 Å². The average molecular weight is 347 g/mol. The zero-order valence-electron chi connectivity index (χ0n) is 14.2. The van der Waals surface area contributed by atoms with Gasteiger partial charge in [-0.15, -0.1) is 11.3 Å². The smallest absolute Gasteiger partial charge is 0.117 e. The molecule has 130 valence electrons. The maximum absolute atomic E-state index is 5.97. The molecule has 2 aliphatic heterocycles. The highest BCUT2D eigenvalue weighted by Crippen LogP contribution is 2.34. The number of ether oxygens (including phenoxy) is 1. The molecule has 0 N–H and O–H groups in total. The SMILES string of the molecule is Cc1nc(CN2CC[C@@]3(COCCN(Cc4ccco4)C3)C2)cs1. The Balaban J connectivity index is 1.40. The van der Waals surface area contributed by atoms with E-state index in [-0.39, 0.29) is 5.41 Å². The van der Waals surface area contributed by atoms with Gasteiger partial charge < -0.3 is 9.15 Å². The van der Waals surface area contributed by atoms with Gasteiger partial charge in [0.15, 0.2) is 0 Å². The zero-order valence-corrected chi connectivity index (χ0v) is 15.1. The van der Waals surface area contributed by atoms with Crippen LogP contribution in [0.1, 0.15) is 22.9 Å². The first-order valence-corrected chi connectivity index (χ1v) is 9.55. The summed E-state index contributed by atoms with van der Waals surface area (Å²) in [5.41, 5.74) is 1.45. The van der Waals surface area contributed by atoms with Crippen molar-refractivity contribution in [1.29, 1.82) is 0 Å². The minimum atomic E-state index is 0.244. The van der Waals surface area contributed by atoms with Crippen LogP contribution in [0, 0.1) is 12.3 Å². The zero-order chi connectivity index (χ0) is 16.4. The minimum Gasteiger partial charge on any atom is -0.468 e. The first-order chi connectivity index (χ1) is 11.7. The first-order valence-electron chi connectivity index (χ1n) is 8.67. The molecule has 0 bridgehead atoms. The number of aryl methyl sites for hydroxylation is 1. The van der Waals surface area contributed by atoms with Gasteiger partial charge in [0.25, 0.3) is 0 Å². The van der Waals surface area contributed by atoms with Gasteiger partial charge in [0, 0.05) is 37.0 Å². The van der Waals surface area contributed by atoms with Crippen LogP contribution in [0.2, 0.25) is 0 Å². The van der Waals surface area contributed by atoms with Crippen LogP contribution in [-0.2, 0) is 17.8 Å². The standard InChI is InChI=1S/C18H25N3O2S/c1-15-19-16(11-24-15)9-20-5-4-18(12-20)13-21(6-8-22-14-18)10-17-3-2-7-23-17/h2-3,7,11H,4-6,8-10,12-14H2,1H3/t18-/m1/s1. The van der Waals surface area contributed by atoms with Crippen molar-refractivity contribution in [2.75, 3.05) is 39.4 Å². The van der Waals surface area contributed by atoms with Gasteiger partial charge in [0.1, 0.15) is 5.76 Å². The van der Waals surface area contributed by atoms with Crippen molar-refractivity contribution >= 4 is 11.3 Å². The van der Waals surface area contributed by atoms with Gasteiger partial charge in [-0.2, -0.15) is 0 Å². The monoisotopic (exact) mass is 347 g/mol. The second-order valence-corrected chi connectivity index (χ2v) is 8.22. The number of hydrogen-bond donors (Lipinski definition) is 0. The molecule has 0 saturated carbocycles. The number of furan rings is 1. The predicted octanol–water partition coefficient (Wildman–Crippen LogP) is 2.77. The van der Waals surface area contributed by atoms with Crippen molar-refractivity contribution in [1.82, 2.24) is 14.8 Å². The summed E-state index contributed by atoms with van der Waals surface area (Å²) in [5, 5.41) is 3.34. The molecule has 1 spiro atoms. The molecule has 24 heavy (non-hydrogen) atoms. The molecule has 4 rings (SSSR count). The molecular weight excluding hydrogens is 322 g/mol. The van der Waals surface area contributed by atoms with Crippen molar-refractivity contribution in [2.24, 2.45) is 5.41 Å². The second kappa shape index (κ2) is 6.96. The summed E-state index contributed by atoms with van der Waals surface area (Å²) in [7, 11) is 0. The lowest BCUT2D eigenvalue weighted by Crippen LogP contribution is -2.40. The lowest BCUT2D eigenvalue weighted by atomic mass is 9.87. The van der Waals surface area contributed by atoms with E-state index < -0.39 is 0 Å². The average Bonchev–Trinajstić information content (AvgIpc) is 3.25. The molecule has 0 aliphatic carbocycles. The van der Waals surface area contributed by atoms with Gasteiger partial charge in [0.2, 0.25) is 0 Å². The van der Waals surface area contributed by atoms with Crippen molar-refractivity contribution < 1.29 is 9.15 Å². The van der Waals surface area contributed by atoms with Crippen LogP contribution in [-0.4, -0.2) is 54.2 Å². The maximum atomic E-state index is 5.97. The van der Waals surface area contributed by atoms with E-state index in [1.54, 1.807) is 17.6 Å². The summed E-state index contributed by atoms with van der Waals surface area (Å²) in [6.45, 7) is 9.89. The molecule has 0 aromatic carbocycles. The van der Waals surface area contributed by atoms with Gasteiger partial charge in [-0.25, -0.2) is 4.98 Å². The second-order valence-electron chi connectivity index (χ2n) is 7.16. The molecule has 2 saturated heterocycles. The van der Waals surface area contributed by atoms with Crippen molar-refractivity contribution in [3.63, 3.8) is 0 Å². The van der Waals surface area contributed by atoms with Gasteiger partial charge in [-0.3, -0.25) is 9.80 Å². The predicted molar refractivity (Wildman–Crippen MR) is 94.0 cm³/mol. The highest BCUT2D eigenvalue weighted by Gasteiger charge is 2.41. The topological polar surface area (TPSA) is 41.7 Å². The molecule has 2 fully saturated rings. The maximum Gasteiger partial charge on any atom is 0.117 e. The Labute approximate surface area is 147 Å². The molecule has 5 nitrogen and oxygen atoms in total. The van der Waals surface area contributed by atoms with Crippen molar-refractivity contribution in [3.8, 4) is 0 Å². The summed E-state index contributed by atoms with van der Waals surface area (Å²) in [4.78, 5) is 9.64. The van der Waals surface area contributed by atoms with Crippen LogP contribution in [0.15, 0.2) is 28.2 Å². The summed E-state index contributed by atoms with van der Waals surface area (Å²) < 4.78 is 11.5. The molecule has 6 heteroatoms. The Kier molecular flexibility index (Phi) is 4.72. The Morgan fingerprint density at radius 1 is 1.25 bits per heavy atom. The Morgan fingerprint density at radius 3 is 2.88 bits per heavy atom. The largest absolute Gasteiger partial charge is 0.468 e. The molecule has 0 amide bonds. The van der Waals surface area contributed by atoms with Gasteiger partial charge in [-0.1, -0.05) is 0 Å². The van der Waals surface area contributed by atoms with E-state index in [0.717, 1.165) is 63.3 Å². The number of hydrogen-bond acceptors (Lipinski definition) is 6. The van der Waals surface area contributed by atoms with Crippen molar-refractivity contribution in [3.05, 3.63) is 40.2 Å². The fraction of sp³-hybridized carbons (Fsp3) is 0.611. The third-order valence-corrected chi connectivity index (χ3v) is 5.87. The molecule has 0 radical (unpaired) electrons. The highest BCUT2D eigenvalue weighted by atomic mass is 32.1. The quantitative estimate of drug-likeness (QED) is 0.851. The summed E-state index contributed by atoms with van der Waals surface area (Å²) in [6.07, 6.45) is 2.96. The van der Waals surface area contributed by atoms with E-state index in [4.69, 9.17) is 9.15 Å². The molecule has 2 aromatic rings.